The van der Waals surface area contributed by atoms with Gasteiger partial charge in [-0.15, -0.1) is 0 Å². The Kier molecular flexibility index (Phi) is 7.56. The van der Waals surface area contributed by atoms with Crippen molar-refractivity contribution in [2.45, 2.75) is 72.6 Å². The molecule has 0 aliphatic carbocycles. The van der Waals surface area contributed by atoms with Gasteiger partial charge >= 0.3 is 0 Å². The molecule has 24 heavy (non-hydrogen) atoms. The van der Waals surface area contributed by atoms with E-state index in [1.807, 2.05) is 0 Å². The van der Waals surface area contributed by atoms with E-state index in [1.165, 1.54) is 61.6 Å². The largest absolute Gasteiger partial charge is 0.0651 e. The van der Waals surface area contributed by atoms with E-state index in [9.17, 15) is 0 Å². The molecule has 0 saturated carbocycles. The maximum absolute atomic E-state index is 2.36. The molecule has 0 N–H and O–H groups in total. The van der Waals surface area contributed by atoms with Crippen LogP contribution in [0.4, 0.5) is 0 Å². The number of rotatable bonds is 9. The molecule has 0 aromatic heterocycles. The van der Waals surface area contributed by atoms with Crippen LogP contribution in [0.25, 0.3) is 0 Å². The van der Waals surface area contributed by atoms with Gasteiger partial charge in [0.25, 0.3) is 0 Å². The molecule has 0 spiro atoms. The summed E-state index contributed by atoms with van der Waals surface area (Å²) >= 11 is 0. The van der Waals surface area contributed by atoms with Gasteiger partial charge in [0.1, 0.15) is 0 Å². The van der Waals surface area contributed by atoms with Crippen LogP contribution < -0.4 is 0 Å². The summed E-state index contributed by atoms with van der Waals surface area (Å²) in [5.74, 6) is 0.831. The molecule has 0 heterocycles. The maximum Gasteiger partial charge on any atom is -0.0248 e. The van der Waals surface area contributed by atoms with E-state index < -0.39 is 0 Å². The van der Waals surface area contributed by atoms with Crippen LogP contribution in [-0.4, -0.2) is 0 Å². The minimum Gasteiger partial charge on any atom is -0.0651 e. The van der Waals surface area contributed by atoms with Gasteiger partial charge in [-0.25, -0.2) is 0 Å². The van der Waals surface area contributed by atoms with E-state index in [0.717, 1.165) is 5.92 Å². The first-order chi connectivity index (χ1) is 11.7. The van der Waals surface area contributed by atoms with Crippen molar-refractivity contribution in [1.82, 2.24) is 0 Å². The molecular formula is C24H34. The van der Waals surface area contributed by atoms with Crippen LogP contribution in [0.2, 0.25) is 0 Å². The van der Waals surface area contributed by atoms with Gasteiger partial charge in [-0.3, -0.25) is 0 Å². The van der Waals surface area contributed by atoms with Gasteiger partial charge in [-0.2, -0.15) is 0 Å². The average Bonchev–Trinajstić information content (AvgIpc) is 2.59. The predicted octanol–water partition coefficient (Wildman–Crippen LogP) is 6.85. The van der Waals surface area contributed by atoms with Crippen molar-refractivity contribution in [2.24, 2.45) is 5.92 Å². The van der Waals surface area contributed by atoms with Gasteiger partial charge in [0.15, 0.2) is 0 Å². The summed E-state index contributed by atoms with van der Waals surface area (Å²) in [5, 5.41) is 0. The molecule has 0 fully saturated rings. The van der Waals surface area contributed by atoms with Crippen molar-refractivity contribution in [3.8, 4) is 0 Å². The summed E-state index contributed by atoms with van der Waals surface area (Å²) in [6.07, 6.45) is 8.84. The lowest BCUT2D eigenvalue weighted by molar-refractivity contribution is 0.488. The van der Waals surface area contributed by atoms with Gasteiger partial charge in [-0.1, -0.05) is 69.2 Å². The molecule has 0 bridgehead atoms. The van der Waals surface area contributed by atoms with Gasteiger partial charge in [0.05, 0.1) is 0 Å². The van der Waals surface area contributed by atoms with E-state index >= 15 is 0 Å². The fourth-order valence-electron chi connectivity index (χ4n) is 3.71. The summed E-state index contributed by atoms with van der Waals surface area (Å²) in [7, 11) is 0. The van der Waals surface area contributed by atoms with Gasteiger partial charge in [-0.05, 0) is 79.7 Å². The topological polar surface area (TPSA) is 0 Å². The summed E-state index contributed by atoms with van der Waals surface area (Å²) in [5.41, 5.74) is 7.64. The molecule has 130 valence electrons. The fraction of sp³-hybridized carbons (Fsp3) is 0.500. The van der Waals surface area contributed by atoms with Crippen molar-refractivity contribution in [2.75, 3.05) is 0 Å². The zero-order valence-electron chi connectivity index (χ0n) is 16.1. The van der Waals surface area contributed by atoms with Crippen LogP contribution in [0.1, 0.15) is 67.3 Å². The highest BCUT2D eigenvalue weighted by molar-refractivity contribution is 5.35. The standard InChI is InChI=1S/C24H34/c1-5-21(6-2)18-23-16-11-13-20(4)24(23)17-10-9-15-22-14-8-7-12-19(22)3/h7-8,11-14,16,21H,5-6,9-10,15,17-18H2,1-4H3. The summed E-state index contributed by atoms with van der Waals surface area (Å²) in [6, 6.07) is 15.7. The van der Waals surface area contributed by atoms with Gasteiger partial charge < -0.3 is 0 Å². The first kappa shape index (κ1) is 18.8. The van der Waals surface area contributed by atoms with Crippen LogP contribution in [0.5, 0.6) is 0 Å². The summed E-state index contributed by atoms with van der Waals surface area (Å²) in [6.45, 7) is 9.16. The molecule has 0 atom stereocenters. The van der Waals surface area contributed by atoms with Crippen molar-refractivity contribution >= 4 is 0 Å². The third kappa shape index (κ3) is 5.23. The Morgan fingerprint density at radius 2 is 1.33 bits per heavy atom. The normalized spacial score (nSPS) is 11.2. The number of aryl methyl sites for hydroxylation is 3. The Morgan fingerprint density at radius 3 is 2.04 bits per heavy atom. The third-order valence-corrected chi connectivity index (χ3v) is 5.55. The van der Waals surface area contributed by atoms with Crippen LogP contribution in [0.3, 0.4) is 0 Å². The Labute approximate surface area is 149 Å². The molecule has 0 aliphatic heterocycles. The van der Waals surface area contributed by atoms with Crippen LogP contribution in [0.15, 0.2) is 42.5 Å². The first-order valence-corrected chi connectivity index (χ1v) is 9.77. The fourth-order valence-corrected chi connectivity index (χ4v) is 3.71. The van der Waals surface area contributed by atoms with Crippen LogP contribution >= 0.6 is 0 Å². The first-order valence-electron chi connectivity index (χ1n) is 9.77. The predicted molar refractivity (Wildman–Crippen MR) is 107 cm³/mol. The van der Waals surface area contributed by atoms with Crippen molar-refractivity contribution in [1.29, 1.82) is 0 Å². The van der Waals surface area contributed by atoms with Gasteiger partial charge in [0, 0.05) is 0 Å². The van der Waals surface area contributed by atoms with Crippen LogP contribution in [0, 0.1) is 19.8 Å². The van der Waals surface area contributed by atoms with E-state index in [0.29, 0.717) is 0 Å². The van der Waals surface area contributed by atoms with E-state index in [4.69, 9.17) is 0 Å². The maximum atomic E-state index is 2.36. The summed E-state index contributed by atoms with van der Waals surface area (Å²) in [4.78, 5) is 0. The summed E-state index contributed by atoms with van der Waals surface area (Å²) < 4.78 is 0. The number of unbranched alkanes of at least 4 members (excludes halogenated alkanes) is 1. The Hall–Kier alpha value is -1.56. The highest BCUT2D eigenvalue weighted by Gasteiger charge is 2.10. The smallest absolute Gasteiger partial charge is 0.0248 e. The number of hydrogen-bond donors (Lipinski definition) is 0. The van der Waals surface area contributed by atoms with E-state index in [2.05, 4.69) is 70.2 Å². The molecule has 2 aromatic rings. The monoisotopic (exact) mass is 322 g/mol. The molecule has 2 rings (SSSR count). The van der Waals surface area contributed by atoms with Gasteiger partial charge in [0.2, 0.25) is 0 Å². The molecule has 0 nitrogen and oxygen atoms in total. The molecule has 0 unspecified atom stereocenters. The van der Waals surface area contributed by atoms with Crippen molar-refractivity contribution in [3.63, 3.8) is 0 Å². The van der Waals surface area contributed by atoms with Crippen LogP contribution in [-0.2, 0) is 19.3 Å². The lowest BCUT2D eigenvalue weighted by Crippen LogP contribution is -2.06. The Bertz CT molecular complexity index is 620. The number of benzene rings is 2. The Balaban J connectivity index is 1.95. The zero-order chi connectivity index (χ0) is 17.4. The molecule has 0 heteroatoms. The molecule has 0 radical (unpaired) electrons. The minimum absolute atomic E-state index is 0.831. The zero-order valence-corrected chi connectivity index (χ0v) is 16.1. The van der Waals surface area contributed by atoms with E-state index in [1.54, 1.807) is 11.1 Å². The quantitative estimate of drug-likeness (QED) is 0.443. The lowest BCUT2D eigenvalue weighted by atomic mass is 9.88. The molecular weight excluding hydrogens is 288 g/mol. The molecule has 2 aromatic carbocycles. The van der Waals surface area contributed by atoms with Crippen molar-refractivity contribution < 1.29 is 0 Å². The minimum atomic E-state index is 0.831. The van der Waals surface area contributed by atoms with Crippen molar-refractivity contribution in [3.05, 3.63) is 70.3 Å². The number of hydrogen-bond acceptors (Lipinski definition) is 0. The molecule has 0 aliphatic rings. The SMILES string of the molecule is CCC(CC)Cc1cccc(C)c1CCCCc1ccccc1C. The lowest BCUT2D eigenvalue weighted by Gasteiger charge is -2.17. The third-order valence-electron chi connectivity index (χ3n) is 5.55. The average molecular weight is 323 g/mol. The second kappa shape index (κ2) is 9.67. The second-order valence-electron chi connectivity index (χ2n) is 7.23. The second-order valence-corrected chi connectivity index (χ2v) is 7.23. The highest BCUT2D eigenvalue weighted by atomic mass is 14.2. The van der Waals surface area contributed by atoms with E-state index in [-0.39, 0.29) is 0 Å². The Morgan fingerprint density at radius 1 is 0.708 bits per heavy atom. The molecule has 0 amide bonds. The highest BCUT2D eigenvalue weighted by Crippen LogP contribution is 2.23. The molecule has 0 saturated heterocycles.